The lowest BCUT2D eigenvalue weighted by atomic mass is 9.78. The quantitative estimate of drug-likeness (QED) is 0.467. The number of anilines is 1. The van der Waals surface area contributed by atoms with Crippen LogP contribution in [0.1, 0.15) is 45.7 Å². The second-order valence-corrected chi connectivity index (χ2v) is 8.33. The van der Waals surface area contributed by atoms with Gasteiger partial charge in [0.05, 0.1) is 12.3 Å². The van der Waals surface area contributed by atoms with Crippen LogP contribution in [0.2, 0.25) is 0 Å². The molecule has 1 aromatic rings. The maximum Gasteiger partial charge on any atom is 0.324 e. The summed E-state index contributed by atoms with van der Waals surface area (Å²) in [5.41, 5.74) is 4.03. The van der Waals surface area contributed by atoms with Crippen LogP contribution in [0, 0.1) is 11.3 Å². The Morgan fingerprint density at radius 3 is 2.84 bits per heavy atom. The van der Waals surface area contributed by atoms with E-state index in [4.69, 9.17) is 19.9 Å². The molecule has 0 amide bonds. The minimum atomic E-state index is -1.26. The maximum atomic E-state index is 12.5. The molecule has 0 saturated carbocycles. The first-order valence-corrected chi connectivity index (χ1v) is 9.37. The van der Waals surface area contributed by atoms with E-state index in [1.165, 1.54) is 11.3 Å². The highest BCUT2D eigenvalue weighted by atomic mass is 32.1. The molecule has 25 heavy (non-hydrogen) atoms. The normalized spacial score (nSPS) is 31.8. The number of nitrogens with two attached hydrogens (primary N) is 1. The van der Waals surface area contributed by atoms with Crippen LogP contribution in [0.4, 0.5) is 5.13 Å². The summed E-state index contributed by atoms with van der Waals surface area (Å²) in [4.78, 5) is 29.2. The molecule has 0 bridgehead atoms. The van der Waals surface area contributed by atoms with Gasteiger partial charge in [-0.2, -0.15) is 0 Å². The number of cyclic esters (lactones) is 2. The Morgan fingerprint density at radius 1 is 1.44 bits per heavy atom. The smallest absolute Gasteiger partial charge is 0.324 e. The second-order valence-electron chi connectivity index (χ2n) is 7.44. The van der Waals surface area contributed by atoms with E-state index in [2.05, 4.69) is 18.8 Å². The third-order valence-corrected chi connectivity index (χ3v) is 5.47. The number of hydrogen-bond acceptors (Lipinski definition) is 8. The van der Waals surface area contributed by atoms with Gasteiger partial charge < -0.3 is 19.9 Å². The summed E-state index contributed by atoms with van der Waals surface area (Å²) in [6.45, 7) is 6.91. The molecule has 3 heterocycles. The first-order valence-electron chi connectivity index (χ1n) is 8.49. The van der Waals surface area contributed by atoms with E-state index in [0.717, 1.165) is 6.42 Å². The molecular weight excluding hydrogens is 344 g/mol. The van der Waals surface area contributed by atoms with Gasteiger partial charge >= 0.3 is 11.9 Å². The summed E-state index contributed by atoms with van der Waals surface area (Å²) in [5.74, 6) is -0.522. The average Bonchev–Trinajstić information content (AvgIpc) is 3.16. The van der Waals surface area contributed by atoms with Crippen LogP contribution >= 0.6 is 11.3 Å². The van der Waals surface area contributed by atoms with Crippen molar-refractivity contribution >= 4 is 28.4 Å². The molecule has 0 aliphatic carbocycles. The van der Waals surface area contributed by atoms with Gasteiger partial charge in [-0.1, -0.05) is 13.8 Å². The zero-order valence-electron chi connectivity index (χ0n) is 14.7. The van der Waals surface area contributed by atoms with Crippen molar-refractivity contribution in [2.45, 2.75) is 51.7 Å². The van der Waals surface area contributed by atoms with E-state index in [1.807, 2.05) is 0 Å². The highest BCUT2D eigenvalue weighted by Gasteiger charge is 2.65. The van der Waals surface area contributed by atoms with Gasteiger partial charge in [-0.05, 0) is 19.3 Å². The van der Waals surface area contributed by atoms with Crippen molar-refractivity contribution in [2.24, 2.45) is 11.3 Å². The molecule has 1 spiro atoms. The number of rotatable bonds is 6. The maximum absolute atomic E-state index is 12.5. The van der Waals surface area contributed by atoms with Gasteiger partial charge in [0.15, 0.2) is 16.1 Å². The summed E-state index contributed by atoms with van der Waals surface area (Å²) in [6, 6.07) is 0. The van der Waals surface area contributed by atoms with Crippen molar-refractivity contribution in [1.82, 2.24) is 4.98 Å². The van der Waals surface area contributed by atoms with Gasteiger partial charge in [0.2, 0.25) is 0 Å². The standard InChI is InChI=1S/C17H24N2O5S/c1-10(2)4-5-22-7-11-6-17(13(20)23-11)9-16(3,24-14(17)21)12-8-25-15(18)19-12/h8,10-11H,4-7,9H2,1-3H3,(H2,18,19)/t11-,16+,17-/m1/s1. The molecule has 8 heteroatoms. The lowest BCUT2D eigenvalue weighted by Crippen LogP contribution is -2.32. The molecule has 3 rings (SSSR count). The third kappa shape index (κ3) is 3.37. The van der Waals surface area contributed by atoms with Crippen molar-refractivity contribution in [3.05, 3.63) is 11.1 Å². The van der Waals surface area contributed by atoms with Gasteiger partial charge in [-0.3, -0.25) is 9.59 Å². The largest absolute Gasteiger partial charge is 0.459 e. The molecule has 2 fully saturated rings. The van der Waals surface area contributed by atoms with Crippen molar-refractivity contribution in [3.63, 3.8) is 0 Å². The fraction of sp³-hybridized carbons (Fsp3) is 0.706. The van der Waals surface area contributed by atoms with Gasteiger partial charge in [0.25, 0.3) is 0 Å². The topological polar surface area (TPSA) is 101 Å². The Bertz CT molecular complexity index is 676. The van der Waals surface area contributed by atoms with Crippen LogP contribution in [-0.2, 0) is 29.4 Å². The minimum Gasteiger partial charge on any atom is -0.459 e. The second kappa shape index (κ2) is 6.57. The van der Waals surface area contributed by atoms with Crippen LogP contribution in [0.25, 0.3) is 0 Å². The van der Waals surface area contributed by atoms with Crippen molar-refractivity contribution < 1.29 is 23.8 Å². The molecule has 2 saturated heterocycles. The number of nitrogens with zero attached hydrogens (tertiary/aromatic N) is 1. The first-order chi connectivity index (χ1) is 11.7. The summed E-state index contributed by atoms with van der Waals surface area (Å²) >= 11 is 1.28. The summed E-state index contributed by atoms with van der Waals surface area (Å²) < 4.78 is 16.6. The SMILES string of the molecule is CC(C)CCOC[C@H]1C[C@@]2(C[C@@](C)(c3csc(N)n3)OC2=O)C(=O)O1. The van der Waals surface area contributed by atoms with E-state index < -0.39 is 29.1 Å². The van der Waals surface area contributed by atoms with Gasteiger partial charge in [-0.15, -0.1) is 11.3 Å². The third-order valence-electron chi connectivity index (χ3n) is 4.80. The van der Waals surface area contributed by atoms with Crippen LogP contribution in [0.3, 0.4) is 0 Å². The number of carbonyl (C=O) groups is 2. The van der Waals surface area contributed by atoms with Crippen LogP contribution in [-0.4, -0.2) is 36.2 Å². The van der Waals surface area contributed by atoms with Crippen LogP contribution < -0.4 is 5.73 Å². The number of thiazole rings is 1. The van der Waals surface area contributed by atoms with Crippen molar-refractivity contribution in [1.29, 1.82) is 0 Å². The molecule has 3 atom stereocenters. The minimum absolute atomic E-state index is 0.212. The van der Waals surface area contributed by atoms with Crippen molar-refractivity contribution in [2.75, 3.05) is 18.9 Å². The van der Waals surface area contributed by atoms with E-state index in [1.54, 1.807) is 12.3 Å². The van der Waals surface area contributed by atoms with Crippen molar-refractivity contribution in [3.8, 4) is 0 Å². The zero-order chi connectivity index (χ0) is 18.2. The fourth-order valence-corrected chi connectivity index (χ4v) is 4.06. The molecule has 7 nitrogen and oxygen atoms in total. The van der Waals surface area contributed by atoms with E-state index in [9.17, 15) is 9.59 Å². The van der Waals surface area contributed by atoms with Gasteiger partial charge in [-0.25, -0.2) is 4.98 Å². The Balaban J connectivity index is 1.67. The molecular formula is C17H24N2O5S. The van der Waals surface area contributed by atoms with Crippen LogP contribution in [0.15, 0.2) is 5.38 Å². The first kappa shape index (κ1) is 18.1. The summed E-state index contributed by atoms with van der Waals surface area (Å²) in [5, 5.41) is 2.16. The number of esters is 2. The summed E-state index contributed by atoms with van der Waals surface area (Å²) in [6.07, 6.45) is 1.01. The van der Waals surface area contributed by atoms with Gasteiger partial charge in [0.1, 0.15) is 6.10 Å². The molecule has 2 N–H and O–H groups in total. The molecule has 138 valence electrons. The van der Waals surface area contributed by atoms with E-state index in [-0.39, 0.29) is 12.8 Å². The monoisotopic (exact) mass is 368 g/mol. The molecule has 1 aromatic heterocycles. The van der Waals surface area contributed by atoms with Gasteiger partial charge in [0, 0.05) is 24.8 Å². The Morgan fingerprint density at radius 2 is 2.20 bits per heavy atom. The number of hydrogen-bond donors (Lipinski definition) is 1. The zero-order valence-corrected chi connectivity index (χ0v) is 15.6. The lowest BCUT2D eigenvalue weighted by molar-refractivity contribution is -0.160. The molecule has 0 radical (unpaired) electrons. The Kier molecular flexibility index (Phi) is 4.76. The predicted molar refractivity (Wildman–Crippen MR) is 91.8 cm³/mol. The van der Waals surface area contributed by atoms with E-state index >= 15 is 0 Å². The number of aromatic nitrogens is 1. The molecule has 2 aliphatic rings. The highest BCUT2D eigenvalue weighted by molar-refractivity contribution is 7.13. The summed E-state index contributed by atoms with van der Waals surface area (Å²) in [7, 11) is 0. The Hall–Kier alpha value is -1.67. The molecule has 0 aromatic carbocycles. The lowest BCUT2D eigenvalue weighted by Gasteiger charge is -2.20. The average molecular weight is 368 g/mol. The predicted octanol–water partition coefficient (Wildman–Crippen LogP) is 2.25. The highest BCUT2D eigenvalue weighted by Crippen LogP contribution is 2.52. The van der Waals surface area contributed by atoms with Crippen LogP contribution in [0.5, 0.6) is 0 Å². The fourth-order valence-electron chi connectivity index (χ4n) is 3.38. The number of ether oxygens (including phenoxy) is 3. The van der Waals surface area contributed by atoms with E-state index in [0.29, 0.717) is 30.0 Å². The number of nitrogen functional groups attached to an aromatic ring is 1. The Labute approximate surface area is 150 Å². The molecule has 2 aliphatic heterocycles. The molecule has 0 unspecified atom stereocenters. The number of carbonyl (C=O) groups excluding carboxylic acids is 2.